The quantitative estimate of drug-likeness (QED) is 0.898. The van der Waals surface area contributed by atoms with Crippen molar-refractivity contribution in [2.45, 2.75) is 45.2 Å². The predicted octanol–water partition coefficient (Wildman–Crippen LogP) is 2.99. The molecule has 0 spiro atoms. The minimum Gasteiger partial charge on any atom is -0.497 e. The summed E-state index contributed by atoms with van der Waals surface area (Å²) >= 11 is 0. The van der Waals surface area contributed by atoms with E-state index < -0.39 is 0 Å². The lowest BCUT2D eigenvalue weighted by molar-refractivity contribution is 0.168. The Morgan fingerprint density at radius 2 is 2.20 bits per heavy atom. The van der Waals surface area contributed by atoms with Gasteiger partial charge < -0.3 is 15.4 Å². The Hall–Kier alpha value is -1.06. The minimum absolute atomic E-state index is 0.110. The molecule has 0 fully saturated rings. The van der Waals surface area contributed by atoms with E-state index in [0.717, 1.165) is 31.1 Å². The van der Waals surface area contributed by atoms with Crippen molar-refractivity contribution in [2.24, 2.45) is 11.7 Å². The summed E-state index contributed by atoms with van der Waals surface area (Å²) in [6.07, 6.45) is 3.45. The fourth-order valence-corrected chi connectivity index (χ4v) is 3.19. The van der Waals surface area contributed by atoms with Crippen LogP contribution in [0.4, 0.5) is 0 Å². The van der Waals surface area contributed by atoms with Crippen LogP contribution in [0.15, 0.2) is 18.2 Å². The van der Waals surface area contributed by atoms with Gasteiger partial charge in [0.05, 0.1) is 7.11 Å². The van der Waals surface area contributed by atoms with Crippen molar-refractivity contribution in [3.05, 3.63) is 29.3 Å². The summed E-state index contributed by atoms with van der Waals surface area (Å²) in [4.78, 5) is 2.45. The molecule has 3 atom stereocenters. The van der Waals surface area contributed by atoms with Crippen LogP contribution < -0.4 is 10.5 Å². The molecule has 1 aromatic carbocycles. The highest BCUT2D eigenvalue weighted by atomic mass is 16.5. The normalized spacial score (nSPS) is 23.5. The molecule has 1 aromatic rings. The Kier molecular flexibility index (Phi) is 5.06. The van der Waals surface area contributed by atoms with Crippen molar-refractivity contribution in [3.63, 3.8) is 0 Å². The summed E-state index contributed by atoms with van der Waals surface area (Å²) in [5.41, 5.74) is 9.16. The summed E-state index contributed by atoms with van der Waals surface area (Å²) in [5.74, 6) is 1.66. The summed E-state index contributed by atoms with van der Waals surface area (Å²) < 4.78 is 5.31. The monoisotopic (exact) mass is 276 g/mol. The van der Waals surface area contributed by atoms with E-state index in [1.54, 1.807) is 7.11 Å². The van der Waals surface area contributed by atoms with E-state index in [0.29, 0.717) is 6.04 Å². The molecule has 0 heterocycles. The number of likely N-dealkylation sites (N-methyl/N-ethyl adjacent to an activating group) is 1. The molecule has 112 valence electrons. The second-order valence-corrected chi connectivity index (χ2v) is 6.15. The van der Waals surface area contributed by atoms with Gasteiger partial charge in [-0.2, -0.15) is 0 Å². The van der Waals surface area contributed by atoms with Crippen LogP contribution in [-0.2, 0) is 6.42 Å². The molecule has 2 N–H and O–H groups in total. The Morgan fingerprint density at radius 1 is 1.45 bits per heavy atom. The first-order chi connectivity index (χ1) is 9.56. The maximum Gasteiger partial charge on any atom is 0.119 e. The van der Waals surface area contributed by atoms with E-state index in [4.69, 9.17) is 10.5 Å². The van der Waals surface area contributed by atoms with Gasteiger partial charge >= 0.3 is 0 Å². The second kappa shape index (κ2) is 6.59. The third kappa shape index (κ3) is 3.15. The standard InChI is InChI=1S/C17H28N2O/c1-5-12(2)11-19(3)16-9-6-13-10-14(20-4)7-8-15(13)17(16)18/h7-8,10,12,16-17H,5-6,9,11,18H2,1-4H3. The van der Waals surface area contributed by atoms with E-state index in [1.807, 2.05) is 6.07 Å². The summed E-state index contributed by atoms with van der Waals surface area (Å²) in [6.45, 7) is 5.69. The number of nitrogens with two attached hydrogens (primary N) is 1. The number of benzene rings is 1. The van der Waals surface area contributed by atoms with Crippen LogP contribution in [0.25, 0.3) is 0 Å². The third-order valence-corrected chi connectivity index (χ3v) is 4.70. The Morgan fingerprint density at radius 3 is 2.85 bits per heavy atom. The number of methoxy groups -OCH3 is 1. The highest BCUT2D eigenvalue weighted by Crippen LogP contribution is 2.33. The average molecular weight is 276 g/mol. The van der Waals surface area contributed by atoms with Gasteiger partial charge in [0.15, 0.2) is 0 Å². The Balaban J connectivity index is 2.12. The van der Waals surface area contributed by atoms with Gasteiger partial charge in [0.1, 0.15) is 5.75 Å². The molecule has 1 aliphatic carbocycles. The average Bonchev–Trinajstić information content (AvgIpc) is 2.46. The number of aryl methyl sites for hydroxylation is 1. The van der Waals surface area contributed by atoms with Crippen LogP contribution in [0.1, 0.15) is 43.9 Å². The summed E-state index contributed by atoms with van der Waals surface area (Å²) in [6, 6.07) is 6.86. The molecule has 0 radical (unpaired) electrons. The topological polar surface area (TPSA) is 38.5 Å². The molecule has 3 heteroatoms. The fraction of sp³-hybridized carbons (Fsp3) is 0.647. The molecule has 0 saturated carbocycles. The van der Waals surface area contributed by atoms with Gasteiger partial charge in [-0.3, -0.25) is 0 Å². The molecular formula is C17H28N2O. The Labute approximate surface area is 123 Å². The van der Waals surface area contributed by atoms with Gasteiger partial charge in [-0.05, 0) is 49.1 Å². The van der Waals surface area contributed by atoms with Crippen molar-refractivity contribution < 1.29 is 4.74 Å². The van der Waals surface area contributed by atoms with E-state index in [2.05, 4.69) is 37.9 Å². The lowest BCUT2D eigenvalue weighted by atomic mass is 9.83. The van der Waals surface area contributed by atoms with Crippen LogP contribution in [0.5, 0.6) is 5.75 Å². The number of ether oxygens (including phenoxy) is 1. The summed E-state index contributed by atoms with van der Waals surface area (Å²) in [5, 5.41) is 0. The third-order valence-electron chi connectivity index (χ3n) is 4.70. The minimum atomic E-state index is 0.110. The molecule has 20 heavy (non-hydrogen) atoms. The molecule has 3 unspecified atom stereocenters. The lowest BCUT2D eigenvalue weighted by Gasteiger charge is -2.38. The van der Waals surface area contributed by atoms with Crippen molar-refractivity contribution in [3.8, 4) is 5.75 Å². The number of nitrogens with zero attached hydrogens (tertiary/aromatic N) is 1. The van der Waals surface area contributed by atoms with Crippen LogP contribution in [0.2, 0.25) is 0 Å². The molecule has 0 aliphatic heterocycles. The number of hydrogen-bond donors (Lipinski definition) is 1. The van der Waals surface area contributed by atoms with Crippen LogP contribution >= 0.6 is 0 Å². The summed E-state index contributed by atoms with van der Waals surface area (Å²) in [7, 11) is 3.93. The smallest absolute Gasteiger partial charge is 0.119 e. The van der Waals surface area contributed by atoms with Crippen LogP contribution in [0, 0.1) is 5.92 Å². The predicted molar refractivity (Wildman–Crippen MR) is 84.1 cm³/mol. The van der Waals surface area contributed by atoms with Gasteiger partial charge in [0.25, 0.3) is 0 Å². The highest BCUT2D eigenvalue weighted by Gasteiger charge is 2.30. The molecule has 0 amide bonds. The van der Waals surface area contributed by atoms with Gasteiger partial charge in [0, 0.05) is 18.6 Å². The lowest BCUT2D eigenvalue weighted by Crippen LogP contribution is -2.44. The second-order valence-electron chi connectivity index (χ2n) is 6.15. The molecule has 0 saturated heterocycles. The maximum atomic E-state index is 6.52. The van der Waals surface area contributed by atoms with E-state index in [1.165, 1.54) is 17.5 Å². The zero-order valence-electron chi connectivity index (χ0n) is 13.2. The van der Waals surface area contributed by atoms with Crippen molar-refractivity contribution in [2.75, 3.05) is 20.7 Å². The van der Waals surface area contributed by atoms with E-state index in [9.17, 15) is 0 Å². The molecule has 2 rings (SSSR count). The number of fused-ring (bicyclic) bond motifs is 1. The molecule has 0 aromatic heterocycles. The van der Waals surface area contributed by atoms with Gasteiger partial charge in [-0.25, -0.2) is 0 Å². The van der Waals surface area contributed by atoms with Gasteiger partial charge in [0.2, 0.25) is 0 Å². The number of rotatable bonds is 5. The fourth-order valence-electron chi connectivity index (χ4n) is 3.19. The first-order valence-electron chi connectivity index (χ1n) is 7.69. The molecular weight excluding hydrogens is 248 g/mol. The van der Waals surface area contributed by atoms with Gasteiger partial charge in [-0.1, -0.05) is 26.3 Å². The largest absolute Gasteiger partial charge is 0.497 e. The zero-order chi connectivity index (χ0) is 14.7. The molecule has 0 bridgehead atoms. The van der Waals surface area contributed by atoms with E-state index in [-0.39, 0.29) is 6.04 Å². The van der Waals surface area contributed by atoms with Crippen molar-refractivity contribution in [1.29, 1.82) is 0 Å². The van der Waals surface area contributed by atoms with Gasteiger partial charge in [-0.15, -0.1) is 0 Å². The van der Waals surface area contributed by atoms with Crippen LogP contribution in [-0.4, -0.2) is 31.6 Å². The molecule has 1 aliphatic rings. The first kappa shape index (κ1) is 15.3. The zero-order valence-corrected chi connectivity index (χ0v) is 13.2. The molecule has 3 nitrogen and oxygen atoms in total. The van der Waals surface area contributed by atoms with E-state index >= 15 is 0 Å². The Bertz CT molecular complexity index is 447. The highest BCUT2D eigenvalue weighted by molar-refractivity contribution is 5.40. The first-order valence-corrected chi connectivity index (χ1v) is 7.69. The van der Waals surface area contributed by atoms with Crippen molar-refractivity contribution >= 4 is 0 Å². The van der Waals surface area contributed by atoms with Crippen LogP contribution in [0.3, 0.4) is 0 Å². The SMILES string of the molecule is CCC(C)CN(C)C1CCc2cc(OC)ccc2C1N. The number of hydrogen-bond acceptors (Lipinski definition) is 3. The van der Waals surface area contributed by atoms with Crippen molar-refractivity contribution in [1.82, 2.24) is 4.90 Å². The maximum absolute atomic E-state index is 6.52.